The number of nitrogens with zero attached hydrogens (tertiary/aromatic N) is 1. The van der Waals surface area contributed by atoms with Crippen LogP contribution < -0.4 is 11.1 Å². The maximum atomic E-state index is 14.2. The number of hydrogen-bond donors (Lipinski definition) is 2. The Balaban J connectivity index is 2.44. The van der Waals surface area contributed by atoms with Gasteiger partial charge in [0.25, 0.3) is 0 Å². The van der Waals surface area contributed by atoms with Crippen molar-refractivity contribution in [3.8, 4) is 0 Å². The van der Waals surface area contributed by atoms with Gasteiger partial charge in [-0.05, 0) is 31.0 Å². The lowest BCUT2D eigenvalue weighted by Crippen LogP contribution is -2.25. The van der Waals surface area contributed by atoms with Crippen LogP contribution in [-0.4, -0.2) is 11.0 Å². The average Bonchev–Trinajstić information content (AvgIpc) is 2.45. The van der Waals surface area contributed by atoms with Crippen molar-refractivity contribution in [1.29, 1.82) is 0 Å². The van der Waals surface area contributed by atoms with Gasteiger partial charge < -0.3 is 11.1 Å². The molecule has 2 aromatic rings. The van der Waals surface area contributed by atoms with Crippen LogP contribution in [0.2, 0.25) is 0 Å². The molecule has 0 aliphatic rings. The summed E-state index contributed by atoms with van der Waals surface area (Å²) in [4.78, 5) is 4.28. The Morgan fingerprint density at radius 1 is 1.35 bits per heavy atom. The van der Waals surface area contributed by atoms with Crippen LogP contribution in [0, 0.1) is 11.7 Å². The number of halogens is 1. The van der Waals surface area contributed by atoms with Gasteiger partial charge in [-0.25, -0.2) is 4.39 Å². The minimum absolute atomic E-state index is 0.188. The molecule has 0 spiro atoms. The van der Waals surface area contributed by atoms with E-state index in [0.29, 0.717) is 22.8 Å². The summed E-state index contributed by atoms with van der Waals surface area (Å²) >= 11 is 0. The Kier molecular flexibility index (Phi) is 4.42. The Labute approximate surface area is 119 Å². The molecule has 0 fully saturated rings. The van der Waals surface area contributed by atoms with Crippen molar-refractivity contribution in [3.05, 3.63) is 30.2 Å². The number of nitrogens with two attached hydrogens (primary N) is 1. The first-order valence-electron chi connectivity index (χ1n) is 7.17. The van der Waals surface area contributed by atoms with E-state index in [0.717, 1.165) is 18.2 Å². The maximum absolute atomic E-state index is 14.2. The molecule has 1 heterocycles. The SMILES string of the molecule is CCC(CC)C(C)Nc1c(F)cc(N)c2cccnc12. The number of benzene rings is 1. The van der Waals surface area contributed by atoms with E-state index in [-0.39, 0.29) is 11.9 Å². The monoisotopic (exact) mass is 275 g/mol. The molecule has 1 aromatic carbocycles. The van der Waals surface area contributed by atoms with Gasteiger partial charge >= 0.3 is 0 Å². The lowest BCUT2D eigenvalue weighted by molar-refractivity contribution is 0.436. The van der Waals surface area contributed by atoms with E-state index >= 15 is 0 Å². The number of aromatic nitrogens is 1. The first kappa shape index (κ1) is 14.6. The molecule has 3 nitrogen and oxygen atoms in total. The molecule has 0 saturated heterocycles. The number of fused-ring (bicyclic) bond motifs is 1. The highest BCUT2D eigenvalue weighted by Crippen LogP contribution is 2.31. The summed E-state index contributed by atoms with van der Waals surface area (Å²) < 4.78 is 14.2. The van der Waals surface area contributed by atoms with Gasteiger partial charge in [0.15, 0.2) is 5.82 Å². The van der Waals surface area contributed by atoms with E-state index < -0.39 is 0 Å². The quantitative estimate of drug-likeness (QED) is 0.804. The smallest absolute Gasteiger partial charge is 0.150 e. The summed E-state index contributed by atoms with van der Waals surface area (Å²) in [6.45, 7) is 6.40. The molecule has 2 rings (SSSR count). The number of rotatable bonds is 5. The highest BCUT2D eigenvalue weighted by Gasteiger charge is 2.18. The molecule has 0 saturated carbocycles. The molecular formula is C16H22FN3. The highest BCUT2D eigenvalue weighted by molar-refractivity contribution is 5.98. The van der Waals surface area contributed by atoms with Crippen LogP contribution in [0.3, 0.4) is 0 Å². The van der Waals surface area contributed by atoms with Crippen LogP contribution in [0.4, 0.5) is 15.8 Å². The molecule has 20 heavy (non-hydrogen) atoms. The fraction of sp³-hybridized carbons (Fsp3) is 0.438. The average molecular weight is 275 g/mol. The fourth-order valence-corrected chi connectivity index (χ4v) is 2.72. The van der Waals surface area contributed by atoms with Crippen molar-refractivity contribution in [3.63, 3.8) is 0 Å². The standard InChI is InChI=1S/C16H22FN3/c1-4-11(5-2)10(3)20-16-13(17)9-14(18)12-7-6-8-19-15(12)16/h6-11,20H,4-5,18H2,1-3H3. The van der Waals surface area contributed by atoms with Gasteiger partial charge in [0.05, 0.1) is 11.2 Å². The van der Waals surface area contributed by atoms with Crippen LogP contribution in [0.15, 0.2) is 24.4 Å². The summed E-state index contributed by atoms with van der Waals surface area (Å²) in [5.41, 5.74) is 7.34. The van der Waals surface area contributed by atoms with E-state index in [1.807, 2.05) is 12.1 Å². The van der Waals surface area contributed by atoms with Gasteiger partial charge in [-0.3, -0.25) is 4.98 Å². The van der Waals surface area contributed by atoms with Gasteiger partial charge in [-0.2, -0.15) is 0 Å². The fourth-order valence-electron chi connectivity index (χ4n) is 2.72. The van der Waals surface area contributed by atoms with Crippen LogP contribution in [-0.2, 0) is 0 Å². The third-order valence-corrected chi connectivity index (χ3v) is 4.00. The minimum atomic E-state index is -0.341. The Morgan fingerprint density at radius 3 is 2.70 bits per heavy atom. The summed E-state index contributed by atoms with van der Waals surface area (Å²) in [6, 6.07) is 5.23. The third-order valence-electron chi connectivity index (χ3n) is 4.00. The summed E-state index contributed by atoms with van der Waals surface area (Å²) in [5, 5.41) is 4.07. The number of nitrogens with one attached hydrogen (secondary N) is 1. The lowest BCUT2D eigenvalue weighted by Gasteiger charge is -2.24. The predicted molar refractivity (Wildman–Crippen MR) is 83.3 cm³/mol. The summed E-state index contributed by atoms with van der Waals surface area (Å²) in [5.74, 6) is 0.164. The molecular weight excluding hydrogens is 253 g/mol. The molecule has 1 atom stereocenters. The van der Waals surface area contributed by atoms with E-state index in [2.05, 4.69) is 31.1 Å². The summed E-state index contributed by atoms with van der Waals surface area (Å²) in [7, 11) is 0. The molecule has 0 amide bonds. The van der Waals surface area contributed by atoms with Gasteiger partial charge in [0.1, 0.15) is 0 Å². The van der Waals surface area contributed by atoms with Crippen LogP contribution >= 0.6 is 0 Å². The topological polar surface area (TPSA) is 50.9 Å². The van der Waals surface area contributed by atoms with Crippen LogP contribution in [0.5, 0.6) is 0 Å². The molecule has 3 N–H and O–H groups in total. The molecule has 0 bridgehead atoms. The van der Waals surface area contributed by atoms with Gasteiger partial charge in [-0.1, -0.05) is 26.7 Å². The van der Waals surface area contributed by atoms with Crippen LogP contribution in [0.25, 0.3) is 10.9 Å². The van der Waals surface area contributed by atoms with Crippen molar-refractivity contribution < 1.29 is 4.39 Å². The zero-order valence-corrected chi connectivity index (χ0v) is 12.3. The molecule has 108 valence electrons. The van der Waals surface area contributed by atoms with Crippen molar-refractivity contribution >= 4 is 22.3 Å². The molecule has 1 unspecified atom stereocenters. The van der Waals surface area contributed by atoms with Crippen molar-refractivity contribution in [2.75, 3.05) is 11.1 Å². The minimum Gasteiger partial charge on any atom is -0.398 e. The molecule has 4 heteroatoms. The molecule has 0 aliphatic heterocycles. The van der Waals surface area contributed by atoms with E-state index in [9.17, 15) is 4.39 Å². The molecule has 0 aliphatic carbocycles. The zero-order chi connectivity index (χ0) is 14.7. The number of pyridine rings is 1. The second-order valence-electron chi connectivity index (χ2n) is 5.23. The maximum Gasteiger partial charge on any atom is 0.150 e. The van der Waals surface area contributed by atoms with E-state index in [1.54, 1.807) is 6.20 Å². The first-order valence-corrected chi connectivity index (χ1v) is 7.17. The molecule has 1 aromatic heterocycles. The van der Waals surface area contributed by atoms with E-state index in [4.69, 9.17) is 5.73 Å². The Morgan fingerprint density at radius 2 is 2.05 bits per heavy atom. The highest BCUT2D eigenvalue weighted by atomic mass is 19.1. The number of anilines is 2. The van der Waals surface area contributed by atoms with Gasteiger partial charge in [0.2, 0.25) is 0 Å². The second-order valence-corrected chi connectivity index (χ2v) is 5.23. The van der Waals surface area contributed by atoms with Gasteiger partial charge in [-0.15, -0.1) is 0 Å². The van der Waals surface area contributed by atoms with Gasteiger partial charge in [0, 0.05) is 23.3 Å². The first-order chi connectivity index (χ1) is 9.58. The Bertz CT molecular complexity index is 594. The summed E-state index contributed by atoms with van der Waals surface area (Å²) in [6.07, 6.45) is 3.79. The largest absolute Gasteiger partial charge is 0.398 e. The Hall–Kier alpha value is -1.84. The van der Waals surface area contributed by atoms with Crippen molar-refractivity contribution in [2.45, 2.75) is 39.7 Å². The van der Waals surface area contributed by atoms with E-state index in [1.165, 1.54) is 6.07 Å². The van der Waals surface area contributed by atoms with Crippen molar-refractivity contribution in [1.82, 2.24) is 4.98 Å². The normalized spacial score (nSPS) is 12.8. The van der Waals surface area contributed by atoms with Crippen LogP contribution in [0.1, 0.15) is 33.6 Å². The molecule has 0 radical (unpaired) electrons. The number of hydrogen-bond acceptors (Lipinski definition) is 3. The predicted octanol–water partition coefficient (Wildman–Crippen LogP) is 4.19. The zero-order valence-electron chi connectivity index (χ0n) is 12.3. The number of nitrogen functional groups attached to an aromatic ring is 1. The second kappa shape index (κ2) is 6.07. The van der Waals surface area contributed by atoms with Crippen molar-refractivity contribution in [2.24, 2.45) is 5.92 Å². The lowest BCUT2D eigenvalue weighted by atomic mass is 9.95. The third kappa shape index (κ3) is 2.69.